The molecule has 140 valence electrons. The number of nitrogens with zero attached hydrogens (tertiary/aromatic N) is 2. The highest BCUT2D eigenvalue weighted by molar-refractivity contribution is 7.89. The van der Waals surface area contributed by atoms with Gasteiger partial charge >= 0.3 is 0 Å². The number of carbonyl (C=O) groups is 1. The number of hydrazine groups is 1. The van der Waals surface area contributed by atoms with E-state index in [1.807, 2.05) is 6.92 Å². The summed E-state index contributed by atoms with van der Waals surface area (Å²) in [6, 6.07) is 12.7. The molecule has 8 nitrogen and oxygen atoms in total. The van der Waals surface area contributed by atoms with Crippen LogP contribution in [0.1, 0.15) is 23.0 Å². The Morgan fingerprint density at radius 2 is 1.70 bits per heavy atom. The van der Waals surface area contributed by atoms with Crippen LogP contribution in [0.2, 0.25) is 0 Å². The molecule has 0 aliphatic heterocycles. The maximum Gasteiger partial charge on any atom is 0.287 e. The van der Waals surface area contributed by atoms with Gasteiger partial charge in [-0.1, -0.05) is 35.9 Å². The molecule has 0 atom stereocenters. The molecule has 0 saturated heterocycles. The molecule has 2 aromatic carbocycles. The predicted octanol–water partition coefficient (Wildman–Crippen LogP) is 1.35. The fraction of sp³-hybridized carbons (Fsp3) is 0.167. The van der Waals surface area contributed by atoms with E-state index in [1.165, 1.54) is 12.1 Å². The van der Waals surface area contributed by atoms with E-state index in [0.29, 0.717) is 10.8 Å². The Morgan fingerprint density at radius 1 is 1.07 bits per heavy atom. The van der Waals surface area contributed by atoms with Crippen molar-refractivity contribution in [2.24, 2.45) is 0 Å². The van der Waals surface area contributed by atoms with Crippen molar-refractivity contribution in [2.75, 3.05) is 0 Å². The molecule has 3 aromatic rings. The first-order valence-electron chi connectivity index (χ1n) is 8.22. The first-order chi connectivity index (χ1) is 12.8. The summed E-state index contributed by atoms with van der Waals surface area (Å²) in [5.41, 5.74) is 2.72. The summed E-state index contributed by atoms with van der Waals surface area (Å²) in [4.78, 5) is 26.9. The third kappa shape index (κ3) is 3.74. The van der Waals surface area contributed by atoms with Crippen LogP contribution in [0.25, 0.3) is 10.8 Å². The Morgan fingerprint density at radius 3 is 2.33 bits per heavy atom. The van der Waals surface area contributed by atoms with Crippen LogP contribution in [-0.2, 0) is 16.6 Å². The smallest absolute Gasteiger partial charge is 0.272 e. The fourth-order valence-corrected chi connectivity index (χ4v) is 3.41. The Hall–Kier alpha value is -3.04. The van der Waals surface area contributed by atoms with E-state index in [1.54, 1.807) is 43.3 Å². The van der Waals surface area contributed by atoms with Gasteiger partial charge in [0.25, 0.3) is 21.5 Å². The normalized spacial score (nSPS) is 11.5. The van der Waals surface area contributed by atoms with E-state index < -0.39 is 15.9 Å². The minimum Gasteiger partial charge on any atom is -0.272 e. The molecule has 0 radical (unpaired) electrons. The number of aromatic nitrogens is 2. The monoisotopic (exact) mass is 386 g/mol. The van der Waals surface area contributed by atoms with Gasteiger partial charge in [0.05, 0.1) is 10.3 Å². The van der Waals surface area contributed by atoms with E-state index in [-0.39, 0.29) is 22.7 Å². The predicted molar refractivity (Wildman–Crippen MR) is 101 cm³/mol. The van der Waals surface area contributed by atoms with Crippen molar-refractivity contribution >= 4 is 26.7 Å². The van der Waals surface area contributed by atoms with Crippen LogP contribution in [0.3, 0.4) is 0 Å². The zero-order valence-corrected chi connectivity index (χ0v) is 15.6. The Kier molecular flexibility index (Phi) is 5.06. The molecule has 1 heterocycles. The van der Waals surface area contributed by atoms with Gasteiger partial charge < -0.3 is 0 Å². The van der Waals surface area contributed by atoms with E-state index >= 15 is 0 Å². The second-order valence-corrected chi connectivity index (χ2v) is 7.57. The van der Waals surface area contributed by atoms with Crippen molar-refractivity contribution in [2.45, 2.75) is 25.3 Å². The zero-order chi connectivity index (χ0) is 19.6. The maximum atomic E-state index is 12.6. The van der Waals surface area contributed by atoms with Crippen molar-refractivity contribution < 1.29 is 13.2 Å². The molecular weight excluding hydrogens is 368 g/mol. The molecule has 0 aliphatic carbocycles. The first-order valence-corrected chi connectivity index (χ1v) is 9.70. The summed E-state index contributed by atoms with van der Waals surface area (Å²) in [6.07, 6.45) is 0. The average Bonchev–Trinajstić information content (AvgIpc) is 2.67. The lowest BCUT2D eigenvalue weighted by atomic mass is 10.1. The van der Waals surface area contributed by atoms with Gasteiger partial charge in [0.2, 0.25) is 0 Å². The average molecular weight is 386 g/mol. The van der Waals surface area contributed by atoms with E-state index in [4.69, 9.17) is 0 Å². The van der Waals surface area contributed by atoms with Crippen LogP contribution in [0, 0.1) is 6.92 Å². The first kappa shape index (κ1) is 18.7. The van der Waals surface area contributed by atoms with Crippen LogP contribution in [0.15, 0.2) is 58.2 Å². The quantitative estimate of drug-likeness (QED) is 0.643. The topological polar surface area (TPSA) is 110 Å². The summed E-state index contributed by atoms with van der Waals surface area (Å²) in [5, 5.41) is 4.74. The number of hydrogen-bond donors (Lipinski definition) is 2. The van der Waals surface area contributed by atoms with Gasteiger partial charge in [-0.3, -0.25) is 15.0 Å². The minimum absolute atomic E-state index is 0.0183. The summed E-state index contributed by atoms with van der Waals surface area (Å²) >= 11 is 0. The van der Waals surface area contributed by atoms with Crippen molar-refractivity contribution in [3.63, 3.8) is 0 Å². The van der Waals surface area contributed by atoms with E-state index in [9.17, 15) is 18.0 Å². The lowest BCUT2D eigenvalue weighted by Crippen LogP contribution is -2.42. The van der Waals surface area contributed by atoms with E-state index in [2.05, 4.69) is 15.4 Å². The molecule has 2 N–H and O–H groups in total. The summed E-state index contributed by atoms with van der Waals surface area (Å²) in [7, 11) is -3.94. The maximum absolute atomic E-state index is 12.6. The highest BCUT2D eigenvalue weighted by Crippen LogP contribution is 2.13. The number of nitrogens with one attached hydrogen (secondary N) is 2. The van der Waals surface area contributed by atoms with Crippen LogP contribution in [0.5, 0.6) is 0 Å². The lowest BCUT2D eigenvalue weighted by Gasteiger charge is -2.11. The molecule has 3 rings (SSSR count). The van der Waals surface area contributed by atoms with Gasteiger partial charge in [-0.05, 0) is 32.0 Å². The molecule has 1 aromatic heterocycles. The molecule has 0 bridgehead atoms. The van der Waals surface area contributed by atoms with Crippen molar-refractivity contribution in [1.29, 1.82) is 0 Å². The highest BCUT2D eigenvalue weighted by Gasteiger charge is 2.19. The third-order valence-electron chi connectivity index (χ3n) is 4.01. The van der Waals surface area contributed by atoms with Gasteiger partial charge in [-0.25, -0.2) is 13.1 Å². The summed E-state index contributed by atoms with van der Waals surface area (Å²) in [6.45, 7) is 3.84. The molecule has 0 unspecified atom stereocenters. The number of carbonyl (C=O) groups excluding carboxylic acids is 1. The molecule has 1 amide bonds. The number of rotatable bonds is 5. The van der Waals surface area contributed by atoms with Crippen molar-refractivity contribution in [3.05, 3.63) is 70.1 Å². The number of aryl methyl sites for hydroxylation is 2. The number of benzene rings is 2. The number of amides is 1. The van der Waals surface area contributed by atoms with Crippen LogP contribution < -0.4 is 15.8 Å². The Labute approximate surface area is 155 Å². The largest absolute Gasteiger partial charge is 0.287 e. The molecule has 0 aliphatic rings. The molecular formula is C18H18N4O4S. The fourth-order valence-electron chi connectivity index (χ4n) is 2.57. The summed E-state index contributed by atoms with van der Waals surface area (Å²) < 4.78 is 25.8. The molecule has 0 fully saturated rings. The second kappa shape index (κ2) is 7.29. The van der Waals surface area contributed by atoms with Gasteiger partial charge in [0.15, 0.2) is 5.69 Å². The molecule has 27 heavy (non-hydrogen) atoms. The van der Waals surface area contributed by atoms with Crippen LogP contribution >= 0.6 is 0 Å². The number of fused-ring (bicyclic) bond motifs is 1. The third-order valence-corrected chi connectivity index (χ3v) is 5.28. The lowest BCUT2D eigenvalue weighted by molar-refractivity contribution is 0.0939. The Balaban J connectivity index is 1.92. The summed E-state index contributed by atoms with van der Waals surface area (Å²) in [5.74, 6) is -0.760. The molecule has 0 saturated carbocycles. The van der Waals surface area contributed by atoms with Gasteiger partial charge in [0.1, 0.15) is 0 Å². The standard InChI is InChI=1S/C18H18N4O4S/c1-3-22-18(24)15-7-5-4-6-14(15)16(20-22)17(23)19-21-27(25,26)13-10-8-12(2)9-11-13/h4-11,21H,3H2,1-2H3,(H,19,23). The van der Waals surface area contributed by atoms with Crippen LogP contribution in [0.4, 0.5) is 0 Å². The number of hydrogen-bond acceptors (Lipinski definition) is 5. The second-order valence-electron chi connectivity index (χ2n) is 5.89. The van der Waals surface area contributed by atoms with Crippen LogP contribution in [-0.4, -0.2) is 24.1 Å². The Bertz CT molecular complexity index is 1170. The minimum atomic E-state index is -3.94. The van der Waals surface area contributed by atoms with Crippen molar-refractivity contribution in [3.8, 4) is 0 Å². The highest BCUT2D eigenvalue weighted by atomic mass is 32.2. The van der Waals surface area contributed by atoms with Crippen molar-refractivity contribution in [1.82, 2.24) is 20.0 Å². The van der Waals surface area contributed by atoms with Gasteiger partial charge in [-0.15, -0.1) is 4.83 Å². The zero-order valence-electron chi connectivity index (χ0n) is 14.8. The number of sulfonamides is 1. The van der Waals surface area contributed by atoms with E-state index in [0.717, 1.165) is 10.2 Å². The SMILES string of the molecule is CCn1nc(C(=O)NNS(=O)(=O)c2ccc(C)cc2)c2ccccc2c1=O. The van der Waals surface area contributed by atoms with Gasteiger partial charge in [0, 0.05) is 11.9 Å². The molecule has 9 heteroatoms. The molecule has 0 spiro atoms. The van der Waals surface area contributed by atoms with Gasteiger partial charge in [-0.2, -0.15) is 5.10 Å².